The summed E-state index contributed by atoms with van der Waals surface area (Å²) in [6.07, 6.45) is 1.10. The highest BCUT2D eigenvalue weighted by atomic mass is 16.5. The lowest BCUT2D eigenvalue weighted by Crippen LogP contribution is -2.44. The van der Waals surface area contributed by atoms with Gasteiger partial charge in [0.1, 0.15) is 0 Å². The van der Waals surface area contributed by atoms with Crippen LogP contribution in [0.5, 0.6) is 0 Å². The van der Waals surface area contributed by atoms with Gasteiger partial charge in [-0.1, -0.05) is 62.4 Å². The number of rotatable bonds is 5. The van der Waals surface area contributed by atoms with Gasteiger partial charge < -0.3 is 9.64 Å². The van der Waals surface area contributed by atoms with Crippen LogP contribution in [0.2, 0.25) is 0 Å². The fraction of sp³-hybridized carbons (Fsp3) is 0.348. The second-order valence-electron chi connectivity index (χ2n) is 7.56. The molecule has 5 nitrogen and oxygen atoms in total. The van der Waals surface area contributed by atoms with Crippen LogP contribution >= 0.6 is 0 Å². The number of piperidine rings is 1. The molecule has 0 unspecified atom stereocenters. The molecule has 0 N–H and O–H groups in total. The van der Waals surface area contributed by atoms with E-state index in [2.05, 4.69) is 13.8 Å². The molecule has 1 fully saturated rings. The molecular weight excluding hydrogens is 354 g/mol. The topological polar surface area (TPSA) is 63.7 Å². The van der Waals surface area contributed by atoms with Crippen molar-refractivity contribution in [1.82, 2.24) is 4.90 Å². The molecule has 0 bridgehead atoms. The molecule has 1 aliphatic heterocycles. The zero-order chi connectivity index (χ0) is 20.1. The fourth-order valence-electron chi connectivity index (χ4n) is 3.77. The largest absolute Gasteiger partial charge is 0.452 e. The van der Waals surface area contributed by atoms with Crippen LogP contribution in [0, 0.1) is 11.8 Å². The zero-order valence-electron chi connectivity index (χ0n) is 16.3. The highest BCUT2D eigenvalue weighted by Gasteiger charge is 2.26. The van der Waals surface area contributed by atoms with Crippen LogP contribution in [-0.4, -0.2) is 42.3 Å². The number of nitrogens with zero attached hydrogens (tertiary/aromatic N) is 1. The number of benzene rings is 2. The summed E-state index contributed by atoms with van der Waals surface area (Å²) < 4.78 is 5.26. The number of esters is 1. The molecule has 146 valence electrons. The number of carbonyl (C=O) groups excluding carboxylic acids is 3. The van der Waals surface area contributed by atoms with E-state index in [0.717, 1.165) is 6.42 Å². The number of carbonyl (C=O) groups is 3. The normalized spacial score (nSPS) is 19.1. The molecule has 0 saturated carbocycles. The third-order valence-corrected chi connectivity index (χ3v) is 4.98. The first-order valence-corrected chi connectivity index (χ1v) is 9.59. The van der Waals surface area contributed by atoms with Crippen LogP contribution in [0.4, 0.5) is 0 Å². The van der Waals surface area contributed by atoms with Crippen LogP contribution in [-0.2, 0) is 9.53 Å². The van der Waals surface area contributed by atoms with Crippen molar-refractivity contribution in [3.05, 3.63) is 71.3 Å². The van der Waals surface area contributed by atoms with Gasteiger partial charge >= 0.3 is 5.97 Å². The third kappa shape index (κ3) is 4.66. The van der Waals surface area contributed by atoms with Gasteiger partial charge in [-0.25, -0.2) is 4.79 Å². The quantitative estimate of drug-likeness (QED) is 0.588. The smallest absolute Gasteiger partial charge is 0.339 e. The molecule has 2 aromatic carbocycles. The molecule has 1 aliphatic rings. The summed E-state index contributed by atoms with van der Waals surface area (Å²) in [4.78, 5) is 39.5. The number of hydrogen-bond donors (Lipinski definition) is 0. The molecule has 5 heteroatoms. The molecule has 3 rings (SSSR count). The van der Waals surface area contributed by atoms with E-state index in [1.807, 2.05) is 6.07 Å². The van der Waals surface area contributed by atoms with E-state index in [-0.39, 0.29) is 29.4 Å². The van der Waals surface area contributed by atoms with Crippen molar-refractivity contribution < 1.29 is 19.1 Å². The Morgan fingerprint density at radius 1 is 0.893 bits per heavy atom. The van der Waals surface area contributed by atoms with Gasteiger partial charge in [0, 0.05) is 24.2 Å². The van der Waals surface area contributed by atoms with E-state index in [1.54, 1.807) is 53.4 Å². The Kier molecular flexibility index (Phi) is 6.24. The second kappa shape index (κ2) is 8.83. The van der Waals surface area contributed by atoms with E-state index in [9.17, 15) is 14.4 Å². The van der Waals surface area contributed by atoms with Crippen LogP contribution in [0.15, 0.2) is 54.6 Å². The predicted molar refractivity (Wildman–Crippen MR) is 106 cm³/mol. The first-order valence-electron chi connectivity index (χ1n) is 9.59. The average Bonchev–Trinajstić information content (AvgIpc) is 2.71. The average molecular weight is 379 g/mol. The van der Waals surface area contributed by atoms with Crippen LogP contribution in [0.25, 0.3) is 0 Å². The van der Waals surface area contributed by atoms with E-state index >= 15 is 0 Å². The van der Waals surface area contributed by atoms with E-state index < -0.39 is 5.97 Å². The molecule has 1 amide bonds. The Morgan fingerprint density at radius 2 is 1.46 bits per heavy atom. The lowest BCUT2D eigenvalue weighted by Gasteiger charge is -2.34. The summed E-state index contributed by atoms with van der Waals surface area (Å²) in [5.74, 6) is -0.233. The minimum atomic E-state index is -0.661. The number of ether oxygens (including phenoxy) is 1. The van der Waals surface area contributed by atoms with Gasteiger partial charge in [-0.15, -0.1) is 0 Å². The third-order valence-electron chi connectivity index (χ3n) is 4.98. The molecule has 1 heterocycles. The summed E-state index contributed by atoms with van der Waals surface area (Å²) in [5.41, 5.74) is 0.936. The van der Waals surface area contributed by atoms with Gasteiger partial charge in [0.05, 0.1) is 5.56 Å². The molecule has 0 aliphatic carbocycles. The van der Waals surface area contributed by atoms with Gasteiger partial charge in [-0.2, -0.15) is 0 Å². The molecular formula is C23H25NO4. The fourth-order valence-corrected chi connectivity index (χ4v) is 3.77. The van der Waals surface area contributed by atoms with Crippen LogP contribution in [0.1, 0.15) is 46.5 Å². The molecule has 1 saturated heterocycles. The minimum absolute atomic E-state index is 0.171. The maximum absolute atomic E-state index is 12.7. The molecule has 28 heavy (non-hydrogen) atoms. The van der Waals surface area contributed by atoms with Gasteiger partial charge in [0.25, 0.3) is 5.91 Å². The monoisotopic (exact) mass is 379 g/mol. The highest BCUT2D eigenvalue weighted by Crippen LogP contribution is 2.21. The van der Waals surface area contributed by atoms with E-state index in [1.165, 1.54) is 0 Å². The summed E-state index contributed by atoms with van der Waals surface area (Å²) in [6, 6.07) is 15.3. The van der Waals surface area contributed by atoms with Gasteiger partial charge in [0.15, 0.2) is 12.4 Å². The molecule has 2 atom stereocenters. The lowest BCUT2D eigenvalue weighted by molar-refractivity contribution is -0.137. The van der Waals surface area contributed by atoms with Crippen molar-refractivity contribution in [2.75, 3.05) is 19.7 Å². The van der Waals surface area contributed by atoms with Crippen LogP contribution < -0.4 is 0 Å². The Hall–Kier alpha value is -2.95. The Bertz CT molecular complexity index is 852. The van der Waals surface area contributed by atoms with E-state index in [0.29, 0.717) is 30.5 Å². The van der Waals surface area contributed by atoms with Crippen molar-refractivity contribution in [3.8, 4) is 0 Å². The predicted octanol–water partition coefficient (Wildman–Crippen LogP) is 3.58. The van der Waals surface area contributed by atoms with Crippen molar-refractivity contribution in [1.29, 1.82) is 0 Å². The first-order chi connectivity index (χ1) is 13.5. The number of amides is 1. The van der Waals surface area contributed by atoms with Crippen LogP contribution in [0.3, 0.4) is 0 Å². The second-order valence-corrected chi connectivity index (χ2v) is 7.56. The van der Waals surface area contributed by atoms with Gasteiger partial charge in [-0.3, -0.25) is 9.59 Å². The summed E-state index contributed by atoms with van der Waals surface area (Å²) in [6.45, 7) is 5.29. The van der Waals surface area contributed by atoms with Crippen molar-refractivity contribution in [3.63, 3.8) is 0 Å². The summed E-state index contributed by atoms with van der Waals surface area (Å²) in [7, 11) is 0. The van der Waals surface area contributed by atoms with Crippen molar-refractivity contribution >= 4 is 17.7 Å². The molecule has 0 aromatic heterocycles. The SMILES string of the molecule is C[C@@H]1C[C@H](C)CN(C(=O)COC(=O)c2ccccc2C(=O)c2ccccc2)C1. The van der Waals surface area contributed by atoms with E-state index in [4.69, 9.17) is 4.74 Å². The maximum atomic E-state index is 12.7. The molecule has 2 aromatic rings. The van der Waals surface area contributed by atoms with Crippen molar-refractivity contribution in [2.45, 2.75) is 20.3 Å². The van der Waals surface area contributed by atoms with Gasteiger partial charge in [0.2, 0.25) is 0 Å². The standard InChI is InChI=1S/C23H25NO4/c1-16-12-17(2)14-24(13-16)21(25)15-28-23(27)20-11-7-6-10-19(20)22(26)18-8-4-3-5-9-18/h3-11,16-17H,12-15H2,1-2H3/t16-,17+. The van der Waals surface area contributed by atoms with Crippen molar-refractivity contribution in [2.24, 2.45) is 11.8 Å². The Labute approximate surface area is 165 Å². The molecule has 0 radical (unpaired) electrons. The number of ketones is 1. The number of hydrogen-bond acceptors (Lipinski definition) is 4. The molecule has 0 spiro atoms. The van der Waals surface area contributed by atoms with Gasteiger partial charge in [-0.05, 0) is 24.3 Å². The highest BCUT2D eigenvalue weighted by molar-refractivity contribution is 6.14. The Balaban J connectivity index is 1.68. The Morgan fingerprint density at radius 3 is 2.11 bits per heavy atom. The zero-order valence-corrected chi connectivity index (χ0v) is 16.3. The minimum Gasteiger partial charge on any atom is -0.452 e. The maximum Gasteiger partial charge on any atom is 0.339 e. The first kappa shape index (κ1) is 19.8. The lowest BCUT2D eigenvalue weighted by atomic mass is 9.92. The summed E-state index contributed by atoms with van der Waals surface area (Å²) >= 11 is 0. The number of likely N-dealkylation sites (tertiary alicyclic amines) is 1. The summed E-state index contributed by atoms with van der Waals surface area (Å²) in [5, 5.41) is 0.